The maximum Gasteiger partial charge on any atom is 0.355 e. The standard InChI is InChI=1S/C15H14ClN3O3/c1-9-13(15(21)22)17-12-6-7-18(19(12)14(9)20)8-10-2-4-11(16)5-3-10/h2-5H,6-8H2,1H3,(H,21,22). The predicted octanol–water partition coefficient (Wildman–Crippen LogP) is 1.60. The van der Waals surface area contributed by atoms with E-state index in [-0.39, 0.29) is 16.8 Å². The summed E-state index contributed by atoms with van der Waals surface area (Å²) in [6, 6.07) is 7.40. The second-order valence-electron chi connectivity index (χ2n) is 5.19. The van der Waals surface area contributed by atoms with Crippen LogP contribution in [-0.2, 0) is 13.0 Å². The van der Waals surface area contributed by atoms with Crippen LogP contribution >= 0.6 is 11.6 Å². The fourth-order valence-corrected chi connectivity index (χ4v) is 2.70. The molecule has 0 bridgehead atoms. The van der Waals surface area contributed by atoms with Gasteiger partial charge < -0.3 is 10.1 Å². The number of nitrogens with zero attached hydrogens (tertiary/aromatic N) is 3. The van der Waals surface area contributed by atoms with E-state index in [1.807, 2.05) is 17.1 Å². The second-order valence-corrected chi connectivity index (χ2v) is 5.62. The highest BCUT2D eigenvalue weighted by Gasteiger charge is 2.26. The van der Waals surface area contributed by atoms with Crippen molar-refractivity contribution in [3.05, 3.63) is 62.3 Å². The number of halogens is 1. The highest BCUT2D eigenvalue weighted by atomic mass is 35.5. The van der Waals surface area contributed by atoms with Gasteiger partial charge in [-0.1, -0.05) is 23.7 Å². The molecule has 0 radical (unpaired) electrons. The van der Waals surface area contributed by atoms with Crippen LogP contribution in [0.3, 0.4) is 0 Å². The minimum absolute atomic E-state index is 0.152. The van der Waals surface area contributed by atoms with Crippen LogP contribution in [0.5, 0.6) is 0 Å². The normalized spacial score (nSPS) is 13.3. The summed E-state index contributed by atoms with van der Waals surface area (Å²) in [5.41, 5.74) is 0.682. The molecule has 1 aromatic heterocycles. The molecule has 0 spiro atoms. The molecule has 22 heavy (non-hydrogen) atoms. The van der Waals surface area contributed by atoms with Gasteiger partial charge in [-0.15, -0.1) is 0 Å². The number of fused-ring (bicyclic) bond motifs is 1. The van der Waals surface area contributed by atoms with Crippen molar-refractivity contribution < 1.29 is 9.90 Å². The first-order chi connectivity index (χ1) is 10.5. The molecule has 1 N–H and O–H groups in total. The van der Waals surface area contributed by atoms with Crippen molar-refractivity contribution in [2.45, 2.75) is 19.9 Å². The Morgan fingerprint density at radius 2 is 2.05 bits per heavy atom. The molecule has 0 aliphatic carbocycles. The van der Waals surface area contributed by atoms with E-state index in [4.69, 9.17) is 16.7 Å². The maximum absolute atomic E-state index is 12.4. The Hall–Kier alpha value is -2.34. The number of hydrogen-bond donors (Lipinski definition) is 1. The highest BCUT2D eigenvalue weighted by molar-refractivity contribution is 6.30. The van der Waals surface area contributed by atoms with Crippen molar-refractivity contribution in [1.82, 2.24) is 9.66 Å². The largest absolute Gasteiger partial charge is 0.476 e. The lowest BCUT2D eigenvalue weighted by atomic mass is 10.2. The number of aromatic carboxylic acids is 1. The monoisotopic (exact) mass is 319 g/mol. The van der Waals surface area contributed by atoms with Crippen LogP contribution in [0.4, 0.5) is 0 Å². The Balaban J connectivity index is 1.98. The molecule has 0 atom stereocenters. The summed E-state index contributed by atoms with van der Waals surface area (Å²) in [6.07, 6.45) is 0.545. The average Bonchev–Trinajstić information content (AvgIpc) is 2.88. The molecule has 3 rings (SSSR count). The van der Waals surface area contributed by atoms with Crippen molar-refractivity contribution in [1.29, 1.82) is 0 Å². The lowest BCUT2D eigenvalue weighted by Gasteiger charge is -2.21. The van der Waals surface area contributed by atoms with Crippen LogP contribution < -0.4 is 10.6 Å². The van der Waals surface area contributed by atoms with Crippen LogP contribution in [0.15, 0.2) is 29.1 Å². The Kier molecular flexibility index (Phi) is 3.62. The van der Waals surface area contributed by atoms with E-state index in [0.29, 0.717) is 30.4 Å². The number of benzene rings is 1. The summed E-state index contributed by atoms with van der Waals surface area (Å²) >= 11 is 5.87. The van der Waals surface area contributed by atoms with E-state index in [0.717, 1.165) is 5.56 Å². The van der Waals surface area contributed by atoms with Crippen LogP contribution in [0, 0.1) is 6.92 Å². The van der Waals surface area contributed by atoms with Gasteiger partial charge in [0.25, 0.3) is 5.56 Å². The summed E-state index contributed by atoms with van der Waals surface area (Å²) in [6.45, 7) is 2.65. The van der Waals surface area contributed by atoms with Crippen molar-refractivity contribution in [2.24, 2.45) is 0 Å². The molecule has 7 heteroatoms. The first-order valence-electron chi connectivity index (χ1n) is 6.83. The molecule has 2 heterocycles. The summed E-state index contributed by atoms with van der Waals surface area (Å²) in [5.74, 6) is -0.684. The molecule has 1 aliphatic heterocycles. The molecule has 0 amide bonds. The fraction of sp³-hybridized carbons (Fsp3) is 0.267. The summed E-state index contributed by atoms with van der Waals surface area (Å²) in [4.78, 5) is 27.7. The lowest BCUT2D eigenvalue weighted by molar-refractivity contribution is 0.0688. The molecule has 0 fully saturated rings. The highest BCUT2D eigenvalue weighted by Crippen LogP contribution is 2.15. The maximum atomic E-state index is 12.4. The summed E-state index contributed by atoms with van der Waals surface area (Å²) in [5, 5.41) is 11.6. The Bertz CT molecular complexity index is 799. The SMILES string of the molecule is Cc1c(C(=O)O)nc2n(c1=O)N(Cc1ccc(Cl)cc1)CC2. The molecule has 1 aliphatic rings. The van der Waals surface area contributed by atoms with Crippen molar-refractivity contribution in [3.8, 4) is 0 Å². The molecular weight excluding hydrogens is 306 g/mol. The average molecular weight is 320 g/mol. The van der Waals surface area contributed by atoms with Crippen LogP contribution in [0.25, 0.3) is 0 Å². The van der Waals surface area contributed by atoms with Gasteiger partial charge in [0.2, 0.25) is 0 Å². The number of aromatic nitrogens is 2. The zero-order valence-corrected chi connectivity index (χ0v) is 12.7. The molecule has 0 unspecified atom stereocenters. The first kappa shape index (κ1) is 14.6. The lowest BCUT2D eigenvalue weighted by Crippen LogP contribution is -2.40. The number of carbonyl (C=O) groups is 1. The second kappa shape index (κ2) is 5.46. The minimum atomic E-state index is -1.17. The van der Waals surface area contributed by atoms with E-state index in [1.165, 1.54) is 11.6 Å². The topological polar surface area (TPSA) is 75.4 Å². The Labute approximate surface area is 131 Å². The van der Waals surface area contributed by atoms with E-state index in [9.17, 15) is 9.59 Å². The van der Waals surface area contributed by atoms with Gasteiger partial charge in [0.15, 0.2) is 5.69 Å². The predicted molar refractivity (Wildman–Crippen MR) is 82.1 cm³/mol. The molecule has 6 nitrogen and oxygen atoms in total. The molecule has 2 aromatic rings. The smallest absolute Gasteiger partial charge is 0.355 e. The van der Waals surface area contributed by atoms with Gasteiger partial charge in [-0.3, -0.25) is 4.79 Å². The van der Waals surface area contributed by atoms with Gasteiger partial charge in [0.1, 0.15) is 5.82 Å². The Morgan fingerprint density at radius 3 is 2.68 bits per heavy atom. The van der Waals surface area contributed by atoms with Crippen LogP contribution in [0.2, 0.25) is 5.02 Å². The van der Waals surface area contributed by atoms with E-state index < -0.39 is 5.97 Å². The van der Waals surface area contributed by atoms with Crippen LogP contribution in [0.1, 0.15) is 27.4 Å². The zero-order valence-electron chi connectivity index (χ0n) is 11.9. The molecular formula is C15H14ClN3O3. The third-order valence-electron chi connectivity index (χ3n) is 3.71. The zero-order chi connectivity index (χ0) is 15.9. The number of hydrogen-bond acceptors (Lipinski definition) is 4. The van der Waals surface area contributed by atoms with Gasteiger partial charge in [0.05, 0.1) is 6.54 Å². The molecule has 0 saturated heterocycles. The third-order valence-corrected chi connectivity index (χ3v) is 3.96. The molecule has 114 valence electrons. The minimum Gasteiger partial charge on any atom is -0.476 e. The number of carboxylic acid groups (broad SMARTS) is 1. The number of rotatable bonds is 3. The van der Waals surface area contributed by atoms with Gasteiger partial charge in [-0.2, -0.15) is 0 Å². The summed E-state index contributed by atoms with van der Waals surface area (Å²) < 4.78 is 1.48. The fourth-order valence-electron chi connectivity index (χ4n) is 2.58. The van der Waals surface area contributed by atoms with Crippen molar-refractivity contribution in [2.75, 3.05) is 11.6 Å². The molecule has 1 aromatic carbocycles. The first-order valence-corrected chi connectivity index (χ1v) is 7.20. The van der Waals surface area contributed by atoms with E-state index in [2.05, 4.69) is 4.98 Å². The third kappa shape index (κ3) is 2.46. The van der Waals surface area contributed by atoms with Crippen molar-refractivity contribution >= 4 is 17.6 Å². The van der Waals surface area contributed by atoms with Gasteiger partial charge in [0, 0.05) is 23.6 Å². The molecule has 0 saturated carbocycles. The summed E-state index contributed by atoms with van der Waals surface area (Å²) in [7, 11) is 0. The van der Waals surface area contributed by atoms with Crippen LogP contribution in [-0.4, -0.2) is 27.3 Å². The Morgan fingerprint density at radius 1 is 1.36 bits per heavy atom. The van der Waals surface area contributed by atoms with Crippen molar-refractivity contribution in [3.63, 3.8) is 0 Å². The quantitative estimate of drug-likeness (QED) is 0.930. The van der Waals surface area contributed by atoms with E-state index >= 15 is 0 Å². The van der Waals surface area contributed by atoms with E-state index in [1.54, 1.807) is 12.1 Å². The van der Waals surface area contributed by atoms with Gasteiger partial charge >= 0.3 is 5.97 Å². The van der Waals surface area contributed by atoms with Gasteiger partial charge in [-0.05, 0) is 24.6 Å². The van der Waals surface area contributed by atoms with Gasteiger partial charge in [-0.25, -0.2) is 14.5 Å². The number of carboxylic acids is 1.